The van der Waals surface area contributed by atoms with E-state index >= 15 is 0 Å². The number of nitrogens with two attached hydrogens (primary N) is 1. The van der Waals surface area contributed by atoms with Crippen LogP contribution in [0.2, 0.25) is 0 Å². The van der Waals surface area contributed by atoms with Crippen LogP contribution in [0, 0.1) is 0 Å². The number of nitrogens with zero attached hydrogens (tertiary/aromatic N) is 1. The minimum absolute atomic E-state index is 0.469. The Morgan fingerprint density at radius 1 is 1.30 bits per heavy atom. The Morgan fingerprint density at radius 2 is 2.20 bits per heavy atom. The van der Waals surface area contributed by atoms with Crippen LogP contribution in [0.25, 0.3) is 0 Å². The van der Waals surface area contributed by atoms with E-state index in [-0.39, 0.29) is 0 Å². The van der Waals surface area contributed by atoms with Crippen LogP contribution in [-0.4, -0.2) is 9.97 Å². The number of hydrogen-bond donors (Lipinski definition) is 2. The van der Waals surface area contributed by atoms with Crippen LogP contribution in [0.1, 0.15) is 0 Å². The topological polar surface area (TPSA) is 54.7 Å². The lowest BCUT2D eigenvalue weighted by molar-refractivity contribution is 1.29. The summed E-state index contributed by atoms with van der Waals surface area (Å²) in [4.78, 5) is 6.71. The van der Waals surface area contributed by atoms with E-state index < -0.39 is 0 Å². The van der Waals surface area contributed by atoms with E-state index in [4.69, 9.17) is 5.73 Å². The van der Waals surface area contributed by atoms with E-state index in [9.17, 15) is 0 Å². The lowest BCUT2D eigenvalue weighted by Gasteiger charge is -1.78. The second-order valence-corrected chi connectivity index (χ2v) is 1.76. The van der Waals surface area contributed by atoms with Gasteiger partial charge in [0, 0.05) is 18.6 Å². The highest BCUT2D eigenvalue weighted by atomic mass is 14.8. The van der Waals surface area contributed by atoms with Crippen LogP contribution in [0.3, 0.4) is 0 Å². The maximum atomic E-state index is 5.41. The van der Waals surface area contributed by atoms with Crippen LogP contribution >= 0.6 is 0 Å². The zero-order valence-corrected chi connectivity index (χ0v) is 5.49. The monoisotopic (exact) mass is 135 g/mol. The van der Waals surface area contributed by atoms with Crippen molar-refractivity contribution in [3.05, 3.63) is 36.8 Å². The second kappa shape index (κ2) is 3.50. The molecule has 0 fully saturated rings. The number of nitrogens with one attached hydrogen (secondary N) is 1. The lowest BCUT2D eigenvalue weighted by atomic mass is 10.6. The minimum Gasteiger partial charge on any atom is -0.382 e. The summed E-state index contributed by atoms with van der Waals surface area (Å²) in [6.07, 6.45) is 5.04. The summed E-state index contributed by atoms with van der Waals surface area (Å²) in [7, 11) is 0. The third kappa shape index (κ3) is 2.17. The van der Waals surface area contributed by atoms with Gasteiger partial charge in [0.15, 0.2) is 0 Å². The zero-order chi connectivity index (χ0) is 7.23. The third-order valence-corrected chi connectivity index (χ3v) is 0.956. The Labute approximate surface area is 59.2 Å². The van der Waals surface area contributed by atoms with Gasteiger partial charge in [-0.2, -0.15) is 0 Å². The first kappa shape index (κ1) is 6.61. The van der Waals surface area contributed by atoms with Crippen LogP contribution in [-0.2, 0) is 0 Å². The maximum Gasteiger partial charge on any atom is 0.139 e. The fourth-order valence-corrected chi connectivity index (χ4v) is 0.525. The number of H-pyrrole nitrogens is 1. The van der Waals surface area contributed by atoms with Crippen molar-refractivity contribution in [1.82, 2.24) is 9.97 Å². The highest BCUT2D eigenvalue weighted by Crippen LogP contribution is 1.84. The largest absolute Gasteiger partial charge is 0.382 e. The van der Waals surface area contributed by atoms with Crippen LogP contribution in [0.4, 0.5) is 5.82 Å². The SMILES string of the molecule is Nc1c[nH]cccccn1. The van der Waals surface area contributed by atoms with Crippen molar-refractivity contribution in [2.24, 2.45) is 0 Å². The molecule has 0 aliphatic heterocycles. The molecule has 3 nitrogen and oxygen atoms in total. The molecule has 0 amide bonds. The summed E-state index contributed by atoms with van der Waals surface area (Å²) >= 11 is 0. The molecular weight excluding hydrogens is 126 g/mol. The first-order chi connectivity index (χ1) is 4.89. The molecule has 1 rings (SSSR count). The molecule has 0 radical (unpaired) electrons. The Balaban J connectivity index is 3.13. The van der Waals surface area contributed by atoms with Crippen molar-refractivity contribution in [2.45, 2.75) is 0 Å². The predicted octanol–water partition coefficient (Wildman–Crippen LogP) is 1.12. The van der Waals surface area contributed by atoms with Crippen molar-refractivity contribution in [3.8, 4) is 0 Å². The third-order valence-electron chi connectivity index (χ3n) is 0.956. The van der Waals surface area contributed by atoms with Gasteiger partial charge in [0.05, 0.1) is 0 Å². The molecule has 1 aromatic rings. The van der Waals surface area contributed by atoms with Crippen molar-refractivity contribution in [3.63, 3.8) is 0 Å². The minimum atomic E-state index is 0.469. The van der Waals surface area contributed by atoms with Gasteiger partial charge in [-0.3, -0.25) is 0 Å². The normalized spacial score (nSPS) is 8.40. The summed E-state index contributed by atoms with van der Waals surface area (Å²) in [6, 6.07) is 5.54. The number of aromatic amines is 1. The molecule has 0 aliphatic rings. The summed E-state index contributed by atoms with van der Waals surface area (Å²) in [6.45, 7) is 0. The van der Waals surface area contributed by atoms with Crippen LogP contribution in [0.15, 0.2) is 36.8 Å². The quantitative estimate of drug-likeness (QED) is 0.560. The molecule has 0 saturated heterocycles. The molecule has 0 saturated carbocycles. The first-order valence-electron chi connectivity index (χ1n) is 2.97. The van der Waals surface area contributed by atoms with Crippen LogP contribution in [0.5, 0.6) is 0 Å². The van der Waals surface area contributed by atoms with Crippen molar-refractivity contribution in [1.29, 1.82) is 0 Å². The Bertz CT molecular complexity index is 216. The summed E-state index contributed by atoms with van der Waals surface area (Å²) < 4.78 is 0. The Kier molecular flexibility index (Phi) is 2.31. The molecule has 3 N–H and O–H groups in total. The number of rotatable bonds is 0. The Morgan fingerprint density at radius 3 is 3.10 bits per heavy atom. The van der Waals surface area contributed by atoms with Crippen LogP contribution < -0.4 is 5.73 Å². The second-order valence-electron chi connectivity index (χ2n) is 1.76. The van der Waals surface area contributed by atoms with Gasteiger partial charge in [-0.15, -0.1) is 0 Å². The lowest BCUT2D eigenvalue weighted by Crippen LogP contribution is -1.84. The van der Waals surface area contributed by atoms with Gasteiger partial charge in [-0.25, -0.2) is 4.98 Å². The summed E-state index contributed by atoms with van der Waals surface area (Å²) in [5.41, 5.74) is 5.41. The number of nitrogen functional groups attached to an aromatic ring is 1. The molecule has 0 unspecified atom stereocenters. The first-order valence-corrected chi connectivity index (χ1v) is 2.97. The van der Waals surface area contributed by atoms with Crippen molar-refractivity contribution >= 4 is 5.82 Å². The highest BCUT2D eigenvalue weighted by molar-refractivity contribution is 5.19. The highest BCUT2D eigenvalue weighted by Gasteiger charge is 1.71. The van der Waals surface area contributed by atoms with Gasteiger partial charge in [0.25, 0.3) is 0 Å². The Hall–Kier alpha value is -1.51. The van der Waals surface area contributed by atoms with Gasteiger partial charge < -0.3 is 10.7 Å². The fraction of sp³-hybridized carbons (Fsp3) is 0. The summed E-state index contributed by atoms with van der Waals surface area (Å²) in [5, 5.41) is 0. The smallest absolute Gasteiger partial charge is 0.139 e. The number of hydrogen-bond acceptors (Lipinski definition) is 2. The van der Waals surface area contributed by atoms with Gasteiger partial charge in [0.2, 0.25) is 0 Å². The van der Waals surface area contributed by atoms with Gasteiger partial charge in [-0.05, 0) is 12.1 Å². The van der Waals surface area contributed by atoms with Gasteiger partial charge >= 0.3 is 0 Å². The molecule has 0 aromatic carbocycles. The molecule has 52 valence electrons. The fourth-order valence-electron chi connectivity index (χ4n) is 0.525. The van der Waals surface area contributed by atoms with E-state index in [1.807, 2.05) is 18.2 Å². The standard InChI is InChI=1S/C7H9N3/c8-7-6-9-4-2-1-3-5-10-7/h1-6,9H,8H2. The predicted molar refractivity (Wildman–Crippen MR) is 40.6 cm³/mol. The molecule has 0 aliphatic carbocycles. The van der Waals surface area contributed by atoms with E-state index in [0.717, 1.165) is 0 Å². The summed E-state index contributed by atoms with van der Waals surface area (Å²) in [5.74, 6) is 0.469. The average molecular weight is 135 g/mol. The molecule has 0 spiro atoms. The van der Waals surface area contributed by atoms with E-state index in [0.29, 0.717) is 5.82 Å². The molecule has 1 aromatic heterocycles. The molecular formula is C7H9N3. The molecule has 3 heteroatoms. The zero-order valence-electron chi connectivity index (χ0n) is 5.49. The number of anilines is 1. The average Bonchev–Trinajstić information content (AvgIpc) is 2.02. The molecule has 1 heterocycles. The maximum absolute atomic E-state index is 5.41. The molecule has 0 atom stereocenters. The van der Waals surface area contributed by atoms with Gasteiger partial charge in [-0.1, -0.05) is 6.07 Å². The molecule has 0 bridgehead atoms. The van der Waals surface area contributed by atoms with Crippen molar-refractivity contribution < 1.29 is 0 Å². The van der Waals surface area contributed by atoms with Crippen molar-refractivity contribution in [2.75, 3.05) is 5.73 Å². The van der Waals surface area contributed by atoms with E-state index in [2.05, 4.69) is 9.97 Å². The van der Waals surface area contributed by atoms with Gasteiger partial charge in [0.1, 0.15) is 5.82 Å². The van der Waals surface area contributed by atoms with E-state index in [1.54, 1.807) is 18.6 Å². The number of aromatic nitrogens is 2. The van der Waals surface area contributed by atoms with E-state index in [1.165, 1.54) is 0 Å². The molecule has 10 heavy (non-hydrogen) atoms.